The van der Waals surface area contributed by atoms with E-state index in [1.807, 2.05) is 61.6 Å². The molecule has 0 saturated carbocycles. The summed E-state index contributed by atoms with van der Waals surface area (Å²) in [5, 5.41) is 3.34. The van der Waals surface area contributed by atoms with Gasteiger partial charge in [0.2, 0.25) is 0 Å². The van der Waals surface area contributed by atoms with Crippen LogP contribution in [0.2, 0.25) is 0 Å². The smallest absolute Gasteiger partial charge is 0.198 e. The first-order valence-corrected chi connectivity index (χ1v) is 11.2. The monoisotopic (exact) mass is 429 g/mol. The van der Waals surface area contributed by atoms with E-state index < -0.39 is 6.29 Å². The molecular formula is C27H43NO3. The summed E-state index contributed by atoms with van der Waals surface area (Å²) in [6.07, 6.45) is 2.29. The number of nitrogens with one attached hydrogen (secondary N) is 1. The predicted molar refractivity (Wildman–Crippen MR) is 133 cm³/mol. The van der Waals surface area contributed by atoms with E-state index >= 15 is 0 Å². The number of ether oxygens (including phenoxy) is 3. The van der Waals surface area contributed by atoms with Crippen LogP contribution in [-0.2, 0) is 20.6 Å². The van der Waals surface area contributed by atoms with Gasteiger partial charge in [0.15, 0.2) is 6.29 Å². The minimum atomic E-state index is -0.478. The van der Waals surface area contributed by atoms with Crippen molar-refractivity contribution in [2.75, 3.05) is 27.4 Å². The number of rotatable bonds is 12. The molecule has 0 aliphatic heterocycles. The molecule has 1 aromatic carbocycles. The highest BCUT2D eigenvalue weighted by molar-refractivity contribution is 5.52. The minimum absolute atomic E-state index is 0.478. The molecule has 0 saturated heterocycles. The van der Waals surface area contributed by atoms with Gasteiger partial charge in [-0.25, -0.2) is 0 Å². The van der Waals surface area contributed by atoms with Crippen molar-refractivity contribution in [2.24, 2.45) is 0 Å². The van der Waals surface area contributed by atoms with Gasteiger partial charge in [-0.1, -0.05) is 56.3 Å². The van der Waals surface area contributed by atoms with Gasteiger partial charge < -0.3 is 19.5 Å². The van der Waals surface area contributed by atoms with Crippen LogP contribution in [0.1, 0.15) is 54.0 Å². The molecule has 0 unspecified atom stereocenters. The molecule has 0 atom stereocenters. The lowest BCUT2D eigenvalue weighted by atomic mass is 9.91. The standard InChI is InChI=1S/C25H37NO3.C2H6/c1-9-28-25(29-10-2)24(26-7)22(16-20-14-12-11-13-15-20)21(18(3)4)17-23(27-8)19(5)6;1-2/h11-15,17,25-26H,3,9-10,16H2,1-2,4-8H3;1-2H3/b21-17+,24-22-;. The Labute approximate surface area is 190 Å². The second kappa shape index (κ2) is 16.4. The Morgan fingerprint density at radius 1 is 1.03 bits per heavy atom. The molecule has 0 aliphatic carbocycles. The Hall–Kier alpha value is -2.30. The molecule has 1 rings (SSSR count). The van der Waals surface area contributed by atoms with E-state index in [9.17, 15) is 0 Å². The topological polar surface area (TPSA) is 39.7 Å². The molecule has 174 valence electrons. The molecule has 0 amide bonds. The van der Waals surface area contributed by atoms with Crippen molar-refractivity contribution in [3.63, 3.8) is 0 Å². The van der Waals surface area contributed by atoms with Gasteiger partial charge in [0, 0.05) is 20.3 Å². The molecule has 0 spiro atoms. The molecule has 0 bridgehead atoms. The van der Waals surface area contributed by atoms with Crippen molar-refractivity contribution in [2.45, 2.75) is 61.2 Å². The van der Waals surface area contributed by atoms with Crippen LogP contribution in [-0.4, -0.2) is 33.7 Å². The van der Waals surface area contributed by atoms with Gasteiger partial charge in [-0.15, -0.1) is 0 Å². The summed E-state index contributed by atoms with van der Waals surface area (Å²) in [7, 11) is 3.59. The third-order valence-electron chi connectivity index (χ3n) is 4.46. The molecule has 0 radical (unpaired) electrons. The van der Waals surface area contributed by atoms with Gasteiger partial charge in [0.05, 0.1) is 12.8 Å². The molecule has 0 aromatic heterocycles. The largest absolute Gasteiger partial charge is 0.497 e. The van der Waals surface area contributed by atoms with Crippen molar-refractivity contribution in [3.05, 3.63) is 82.3 Å². The van der Waals surface area contributed by atoms with Crippen molar-refractivity contribution >= 4 is 0 Å². The van der Waals surface area contributed by atoms with Crippen LogP contribution >= 0.6 is 0 Å². The molecule has 4 nitrogen and oxygen atoms in total. The van der Waals surface area contributed by atoms with E-state index in [2.05, 4.69) is 42.2 Å². The SMILES string of the molecule is C=C(C)C(=C\C(OC)=C(C)C)/C(Cc1ccccc1)=C(\NC)C(OCC)OCC.CC. The maximum atomic E-state index is 5.92. The third kappa shape index (κ3) is 9.58. The summed E-state index contributed by atoms with van der Waals surface area (Å²) in [6, 6.07) is 10.4. The Morgan fingerprint density at radius 3 is 1.97 bits per heavy atom. The average molecular weight is 430 g/mol. The summed E-state index contributed by atoms with van der Waals surface area (Å²) in [6.45, 7) is 19.4. The van der Waals surface area contributed by atoms with E-state index in [0.717, 1.165) is 33.7 Å². The maximum absolute atomic E-state index is 5.92. The summed E-state index contributed by atoms with van der Waals surface area (Å²) < 4.78 is 17.5. The fourth-order valence-corrected chi connectivity index (χ4v) is 3.07. The van der Waals surface area contributed by atoms with Gasteiger partial charge in [0.25, 0.3) is 0 Å². The highest BCUT2D eigenvalue weighted by Gasteiger charge is 2.22. The Kier molecular flexibility index (Phi) is 15.2. The van der Waals surface area contributed by atoms with Crippen molar-refractivity contribution in [3.8, 4) is 0 Å². The fraction of sp³-hybridized carbons (Fsp3) is 0.481. The number of allylic oxidation sites excluding steroid dienone is 5. The van der Waals surface area contributed by atoms with E-state index in [4.69, 9.17) is 14.2 Å². The Bertz CT molecular complexity index is 735. The molecular weight excluding hydrogens is 386 g/mol. The van der Waals surface area contributed by atoms with Gasteiger partial charge in [0.1, 0.15) is 5.76 Å². The van der Waals surface area contributed by atoms with E-state index in [0.29, 0.717) is 19.6 Å². The molecule has 1 aromatic rings. The molecule has 0 fully saturated rings. The number of hydrogen-bond donors (Lipinski definition) is 1. The number of hydrogen-bond acceptors (Lipinski definition) is 4. The van der Waals surface area contributed by atoms with E-state index in [1.54, 1.807) is 7.11 Å². The summed E-state index contributed by atoms with van der Waals surface area (Å²) in [5.41, 5.74) is 6.24. The van der Waals surface area contributed by atoms with Crippen LogP contribution in [0.15, 0.2) is 76.7 Å². The second-order valence-corrected chi connectivity index (χ2v) is 6.95. The maximum Gasteiger partial charge on any atom is 0.198 e. The molecule has 31 heavy (non-hydrogen) atoms. The first kappa shape index (κ1) is 28.7. The summed E-state index contributed by atoms with van der Waals surface area (Å²) in [4.78, 5) is 0. The van der Waals surface area contributed by atoms with Crippen molar-refractivity contribution in [1.82, 2.24) is 5.32 Å². The van der Waals surface area contributed by atoms with Crippen LogP contribution < -0.4 is 5.32 Å². The quantitative estimate of drug-likeness (QED) is 0.232. The lowest BCUT2D eigenvalue weighted by molar-refractivity contribution is -0.114. The van der Waals surface area contributed by atoms with Gasteiger partial charge in [-0.05, 0) is 69.4 Å². The average Bonchev–Trinajstić information content (AvgIpc) is 2.76. The fourth-order valence-electron chi connectivity index (χ4n) is 3.07. The summed E-state index contributed by atoms with van der Waals surface area (Å²) in [5.74, 6) is 0.827. The highest BCUT2D eigenvalue weighted by Crippen LogP contribution is 2.29. The normalized spacial score (nSPS) is 11.9. The lowest BCUT2D eigenvalue weighted by Gasteiger charge is -2.26. The molecule has 4 heteroatoms. The number of methoxy groups -OCH3 is 1. The van der Waals surface area contributed by atoms with Gasteiger partial charge in [-0.2, -0.15) is 0 Å². The van der Waals surface area contributed by atoms with Crippen LogP contribution in [0, 0.1) is 0 Å². The molecule has 1 N–H and O–H groups in total. The van der Waals surface area contributed by atoms with Gasteiger partial charge >= 0.3 is 0 Å². The van der Waals surface area contributed by atoms with Crippen LogP contribution in [0.4, 0.5) is 0 Å². The van der Waals surface area contributed by atoms with Crippen molar-refractivity contribution in [1.29, 1.82) is 0 Å². The lowest BCUT2D eigenvalue weighted by Crippen LogP contribution is -2.30. The number of likely N-dealkylation sites (N-methyl/N-ethyl adjacent to an activating group) is 1. The third-order valence-corrected chi connectivity index (χ3v) is 4.46. The summed E-state index contributed by atoms with van der Waals surface area (Å²) >= 11 is 0. The van der Waals surface area contributed by atoms with Crippen LogP contribution in [0.3, 0.4) is 0 Å². The van der Waals surface area contributed by atoms with E-state index in [-0.39, 0.29) is 0 Å². The zero-order valence-corrected chi connectivity index (χ0v) is 21.1. The van der Waals surface area contributed by atoms with Gasteiger partial charge in [-0.3, -0.25) is 0 Å². The Morgan fingerprint density at radius 2 is 1.58 bits per heavy atom. The first-order valence-electron chi connectivity index (χ1n) is 11.2. The van der Waals surface area contributed by atoms with Crippen molar-refractivity contribution < 1.29 is 14.2 Å². The highest BCUT2D eigenvalue weighted by atomic mass is 16.7. The number of benzene rings is 1. The zero-order chi connectivity index (χ0) is 23.8. The first-order chi connectivity index (χ1) is 14.9. The van der Waals surface area contributed by atoms with Crippen LogP contribution in [0.5, 0.6) is 0 Å². The molecule has 0 aliphatic rings. The van der Waals surface area contributed by atoms with E-state index in [1.165, 1.54) is 5.56 Å². The Balaban J connectivity index is 0.00000436. The predicted octanol–water partition coefficient (Wildman–Crippen LogP) is 6.57. The zero-order valence-electron chi connectivity index (χ0n) is 21.1. The van der Waals surface area contributed by atoms with Crippen LogP contribution in [0.25, 0.3) is 0 Å². The minimum Gasteiger partial charge on any atom is -0.497 e. The molecule has 0 heterocycles. The second-order valence-electron chi connectivity index (χ2n) is 6.95.